The molecule has 0 N–H and O–H groups in total. The highest BCUT2D eigenvalue weighted by Gasteiger charge is 2.30. The van der Waals surface area contributed by atoms with Crippen molar-refractivity contribution in [2.45, 2.75) is 175 Å². The van der Waals surface area contributed by atoms with E-state index < -0.39 is 0 Å². The lowest BCUT2D eigenvalue weighted by Gasteiger charge is -2.25. The van der Waals surface area contributed by atoms with Crippen LogP contribution in [0.15, 0.2) is 12.2 Å². The minimum atomic E-state index is -0.362. The summed E-state index contributed by atoms with van der Waals surface area (Å²) in [6.07, 6.45) is 31.9. The average molecular weight is 523 g/mol. The summed E-state index contributed by atoms with van der Waals surface area (Å²) in [5, 5.41) is 0. The standard InChI is InChI=1S/C33H62O4/c1-5-7-9-11-13-15-17-18-19-21-23-25-27-29-32(37-30(3)34)31(33(35)36-4)28-26-24-22-20-16-14-12-10-8-6-2/h15,17,31-32H,5-14,16,18-29H2,1-4H3/t31-,32-/m0/s1. The molecule has 0 saturated heterocycles. The summed E-state index contributed by atoms with van der Waals surface area (Å²) in [7, 11) is 1.44. The van der Waals surface area contributed by atoms with E-state index in [4.69, 9.17) is 9.47 Å². The monoisotopic (exact) mass is 522 g/mol. The molecule has 0 aromatic rings. The third kappa shape index (κ3) is 23.5. The van der Waals surface area contributed by atoms with Gasteiger partial charge in [0.25, 0.3) is 0 Å². The molecule has 0 unspecified atom stereocenters. The summed E-state index contributed by atoms with van der Waals surface area (Å²) in [5.41, 5.74) is 0. The van der Waals surface area contributed by atoms with Crippen molar-refractivity contribution in [2.75, 3.05) is 7.11 Å². The molecule has 0 aliphatic rings. The zero-order valence-electron chi connectivity index (χ0n) is 25.2. The molecular weight excluding hydrogens is 460 g/mol. The number of carbonyl (C=O) groups is 2. The first-order valence-corrected chi connectivity index (χ1v) is 16.0. The molecule has 0 bridgehead atoms. The lowest BCUT2D eigenvalue weighted by molar-refractivity contribution is -0.160. The first-order valence-electron chi connectivity index (χ1n) is 16.0. The van der Waals surface area contributed by atoms with Gasteiger partial charge < -0.3 is 9.47 Å². The highest BCUT2D eigenvalue weighted by atomic mass is 16.6. The van der Waals surface area contributed by atoms with Crippen LogP contribution in [-0.4, -0.2) is 25.2 Å². The van der Waals surface area contributed by atoms with Crippen LogP contribution >= 0.6 is 0 Å². The fourth-order valence-electron chi connectivity index (χ4n) is 5.08. The Balaban J connectivity index is 4.19. The maximum atomic E-state index is 12.5. The largest absolute Gasteiger partial charge is 0.469 e. The minimum absolute atomic E-state index is 0.233. The van der Waals surface area contributed by atoms with Crippen molar-refractivity contribution < 1.29 is 19.1 Å². The zero-order chi connectivity index (χ0) is 27.4. The molecule has 0 heterocycles. The van der Waals surface area contributed by atoms with Crippen LogP contribution in [0.5, 0.6) is 0 Å². The summed E-state index contributed by atoms with van der Waals surface area (Å²) in [4.78, 5) is 24.3. The van der Waals surface area contributed by atoms with Gasteiger partial charge in [0.2, 0.25) is 0 Å². The van der Waals surface area contributed by atoms with Gasteiger partial charge in [-0.3, -0.25) is 9.59 Å². The normalized spacial score (nSPS) is 13.1. The van der Waals surface area contributed by atoms with Crippen molar-refractivity contribution in [1.82, 2.24) is 0 Å². The summed E-state index contributed by atoms with van der Waals surface area (Å²) in [5.74, 6) is -0.877. The number of unbranched alkanes of at least 4 members (excludes halogenated alkanes) is 18. The van der Waals surface area contributed by atoms with Gasteiger partial charge in [-0.25, -0.2) is 0 Å². The van der Waals surface area contributed by atoms with Crippen molar-refractivity contribution in [3.63, 3.8) is 0 Å². The van der Waals surface area contributed by atoms with Crippen molar-refractivity contribution in [2.24, 2.45) is 5.92 Å². The van der Waals surface area contributed by atoms with E-state index in [2.05, 4.69) is 26.0 Å². The van der Waals surface area contributed by atoms with Crippen LogP contribution in [0.1, 0.15) is 168 Å². The Morgan fingerprint density at radius 2 is 1.00 bits per heavy atom. The van der Waals surface area contributed by atoms with Crippen LogP contribution in [0, 0.1) is 5.92 Å². The first kappa shape index (κ1) is 35.7. The van der Waals surface area contributed by atoms with E-state index in [1.807, 2.05) is 0 Å². The quantitative estimate of drug-likeness (QED) is 0.0611. The third-order valence-electron chi connectivity index (χ3n) is 7.39. The molecule has 4 heteroatoms. The SMILES string of the molecule is CCCCCCC=CCCCCCCC[C@H](OC(C)=O)[C@H](CCCCCCCCCCCC)C(=O)OC. The fraction of sp³-hybridized carbons (Fsp3) is 0.879. The van der Waals surface area contributed by atoms with Crippen LogP contribution < -0.4 is 0 Å². The summed E-state index contributed by atoms with van der Waals surface area (Å²) in [6, 6.07) is 0. The Labute approximate surface area is 230 Å². The van der Waals surface area contributed by atoms with Crippen LogP contribution in [-0.2, 0) is 19.1 Å². The Morgan fingerprint density at radius 3 is 1.46 bits per heavy atom. The molecule has 0 rings (SSSR count). The van der Waals surface area contributed by atoms with E-state index in [0.29, 0.717) is 0 Å². The maximum Gasteiger partial charge on any atom is 0.312 e. The van der Waals surface area contributed by atoms with Gasteiger partial charge in [0, 0.05) is 6.92 Å². The molecule has 0 aromatic heterocycles. The highest BCUT2D eigenvalue weighted by Crippen LogP contribution is 2.24. The number of methoxy groups -OCH3 is 1. The van der Waals surface area contributed by atoms with E-state index in [1.165, 1.54) is 123 Å². The highest BCUT2D eigenvalue weighted by molar-refractivity contribution is 5.74. The van der Waals surface area contributed by atoms with Crippen LogP contribution in [0.2, 0.25) is 0 Å². The fourth-order valence-corrected chi connectivity index (χ4v) is 5.08. The third-order valence-corrected chi connectivity index (χ3v) is 7.39. The number of hydrogen-bond donors (Lipinski definition) is 0. The topological polar surface area (TPSA) is 52.6 Å². The number of ether oxygens (including phenoxy) is 2. The maximum absolute atomic E-state index is 12.5. The van der Waals surface area contributed by atoms with E-state index in [1.54, 1.807) is 0 Å². The lowest BCUT2D eigenvalue weighted by atomic mass is 9.91. The molecular formula is C33H62O4. The number of carbonyl (C=O) groups excluding carboxylic acids is 2. The molecule has 0 amide bonds. The van der Waals surface area contributed by atoms with Gasteiger partial charge in [-0.15, -0.1) is 0 Å². The molecule has 0 aliphatic carbocycles. The summed E-state index contributed by atoms with van der Waals surface area (Å²) in [6.45, 7) is 5.95. The number of hydrogen-bond acceptors (Lipinski definition) is 4. The molecule has 0 saturated carbocycles. The predicted molar refractivity (Wildman–Crippen MR) is 158 cm³/mol. The second kappa shape index (κ2) is 27.7. The average Bonchev–Trinajstić information content (AvgIpc) is 2.88. The molecule has 0 spiro atoms. The van der Waals surface area contributed by atoms with E-state index in [-0.39, 0.29) is 24.0 Å². The Morgan fingerprint density at radius 1 is 0.595 bits per heavy atom. The number of rotatable bonds is 27. The molecule has 0 fully saturated rings. The van der Waals surface area contributed by atoms with Gasteiger partial charge in [-0.1, -0.05) is 129 Å². The Kier molecular flexibility index (Phi) is 26.7. The van der Waals surface area contributed by atoms with Gasteiger partial charge >= 0.3 is 11.9 Å². The second-order valence-corrected chi connectivity index (χ2v) is 10.9. The molecule has 218 valence electrons. The Bertz CT molecular complexity index is 542. The van der Waals surface area contributed by atoms with Crippen molar-refractivity contribution in [3.8, 4) is 0 Å². The number of esters is 2. The van der Waals surface area contributed by atoms with Crippen molar-refractivity contribution >= 4 is 11.9 Å². The van der Waals surface area contributed by atoms with Crippen molar-refractivity contribution in [3.05, 3.63) is 12.2 Å². The molecule has 37 heavy (non-hydrogen) atoms. The molecule has 4 nitrogen and oxygen atoms in total. The van der Waals surface area contributed by atoms with Gasteiger partial charge in [0.05, 0.1) is 13.0 Å². The molecule has 0 radical (unpaired) electrons. The second-order valence-electron chi connectivity index (χ2n) is 10.9. The van der Waals surface area contributed by atoms with Gasteiger partial charge in [0.1, 0.15) is 6.10 Å². The molecule has 2 atom stereocenters. The van der Waals surface area contributed by atoms with Crippen molar-refractivity contribution in [1.29, 1.82) is 0 Å². The Hall–Kier alpha value is -1.32. The van der Waals surface area contributed by atoms with Crippen LogP contribution in [0.25, 0.3) is 0 Å². The lowest BCUT2D eigenvalue weighted by Crippen LogP contribution is -2.33. The first-order chi connectivity index (χ1) is 18.1. The van der Waals surface area contributed by atoms with E-state index in [0.717, 1.165) is 38.5 Å². The predicted octanol–water partition coefficient (Wildman–Crippen LogP) is 10.3. The number of allylic oxidation sites excluding steroid dienone is 2. The minimum Gasteiger partial charge on any atom is -0.469 e. The van der Waals surface area contributed by atoms with Crippen LogP contribution in [0.4, 0.5) is 0 Å². The summed E-state index contributed by atoms with van der Waals surface area (Å²) >= 11 is 0. The molecule has 0 aromatic carbocycles. The zero-order valence-corrected chi connectivity index (χ0v) is 25.2. The summed E-state index contributed by atoms with van der Waals surface area (Å²) < 4.78 is 10.7. The van der Waals surface area contributed by atoms with Gasteiger partial charge in [-0.05, 0) is 44.9 Å². The van der Waals surface area contributed by atoms with Gasteiger partial charge in [0.15, 0.2) is 0 Å². The van der Waals surface area contributed by atoms with Gasteiger partial charge in [-0.2, -0.15) is 0 Å². The van der Waals surface area contributed by atoms with Crippen LogP contribution in [0.3, 0.4) is 0 Å². The smallest absolute Gasteiger partial charge is 0.312 e. The molecule has 0 aliphatic heterocycles. The van der Waals surface area contributed by atoms with E-state index in [9.17, 15) is 9.59 Å². The van der Waals surface area contributed by atoms with E-state index >= 15 is 0 Å².